The van der Waals surface area contributed by atoms with Gasteiger partial charge < -0.3 is 4.74 Å². The topological polar surface area (TPSA) is 46.6 Å². The first-order valence-corrected chi connectivity index (χ1v) is 9.04. The monoisotopic (exact) mass is 347 g/mol. The van der Waals surface area contributed by atoms with Crippen LogP contribution in [-0.4, -0.2) is 36.6 Å². The summed E-state index contributed by atoms with van der Waals surface area (Å²) >= 11 is 3.02. The van der Waals surface area contributed by atoms with E-state index in [0.29, 0.717) is 19.7 Å². The fourth-order valence-corrected chi connectivity index (χ4v) is 3.91. The molecule has 1 aromatic rings. The van der Waals surface area contributed by atoms with Gasteiger partial charge in [-0.15, -0.1) is 0 Å². The Hall–Kier alpha value is -0.430. The van der Waals surface area contributed by atoms with Crippen molar-refractivity contribution in [1.29, 1.82) is 0 Å². The molecule has 0 unspecified atom stereocenters. The minimum atomic E-state index is -3.12. The zero-order valence-corrected chi connectivity index (χ0v) is 13.1. The third-order valence-electron chi connectivity index (χ3n) is 3.26. The van der Waals surface area contributed by atoms with Crippen LogP contribution in [0.25, 0.3) is 0 Å². The molecule has 6 heteroatoms. The molecule has 1 aromatic carbocycles. The molecule has 1 saturated heterocycles. The summed E-state index contributed by atoms with van der Waals surface area (Å²) in [5.74, 6) is 0. The molecule has 0 atom stereocenters. The number of halogens is 1. The van der Waals surface area contributed by atoms with Crippen molar-refractivity contribution in [3.63, 3.8) is 0 Å². The van der Waals surface area contributed by atoms with Gasteiger partial charge in [-0.3, -0.25) is 0 Å². The lowest BCUT2D eigenvalue weighted by atomic mass is 10.1. The number of piperidine rings is 1. The van der Waals surface area contributed by atoms with Crippen LogP contribution in [-0.2, 0) is 21.4 Å². The van der Waals surface area contributed by atoms with Crippen LogP contribution >= 0.6 is 15.9 Å². The van der Waals surface area contributed by atoms with Crippen molar-refractivity contribution in [2.45, 2.75) is 25.6 Å². The average Bonchev–Trinajstić information content (AvgIpc) is 2.47. The third-order valence-corrected chi connectivity index (χ3v) is 6.42. The molecule has 106 valence electrons. The molecular weight excluding hydrogens is 330 g/mol. The molecule has 1 fully saturated rings. The van der Waals surface area contributed by atoms with Gasteiger partial charge in [0.2, 0.25) is 10.0 Å². The van der Waals surface area contributed by atoms with Gasteiger partial charge in [-0.2, -0.15) is 0 Å². The van der Waals surface area contributed by atoms with Gasteiger partial charge in [0.15, 0.2) is 0 Å². The molecule has 19 heavy (non-hydrogen) atoms. The minimum absolute atomic E-state index is 0.00443. The maximum Gasteiger partial charge on any atom is 0.224 e. The van der Waals surface area contributed by atoms with E-state index < -0.39 is 10.0 Å². The molecule has 2 rings (SSSR count). The van der Waals surface area contributed by atoms with E-state index in [0.717, 1.165) is 18.4 Å². The largest absolute Gasteiger partial charge is 0.373 e. The summed E-state index contributed by atoms with van der Waals surface area (Å²) < 4.78 is 30.7. The first-order chi connectivity index (χ1) is 9.12. The smallest absolute Gasteiger partial charge is 0.224 e. The zero-order chi connectivity index (χ0) is 13.7. The molecule has 1 aliphatic rings. The van der Waals surface area contributed by atoms with Crippen molar-refractivity contribution >= 4 is 26.0 Å². The fraction of sp³-hybridized carbons (Fsp3) is 0.538. The summed E-state index contributed by atoms with van der Waals surface area (Å²) in [5, 5.41) is 0. The molecule has 4 nitrogen and oxygen atoms in total. The van der Waals surface area contributed by atoms with E-state index in [1.165, 1.54) is 4.31 Å². The minimum Gasteiger partial charge on any atom is -0.373 e. The van der Waals surface area contributed by atoms with Crippen molar-refractivity contribution in [2.75, 3.05) is 17.8 Å². The second-order valence-electron chi connectivity index (χ2n) is 4.62. The van der Waals surface area contributed by atoms with Crippen molar-refractivity contribution in [1.82, 2.24) is 4.31 Å². The molecule has 1 heterocycles. The Morgan fingerprint density at radius 3 is 2.42 bits per heavy atom. The maximum absolute atomic E-state index is 11.7. The highest BCUT2D eigenvalue weighted by Gasteiger charge is 2.27. The number of ether oxygens (including phenoxy) is 1. The highest BCUT2D eigenvalue weighted by atomic mass is 79.9. The molecule has 0 N–H and O–H groups in total. The Morgan fingerprint density at radius 1 is 1.21 bits per heavy atom. The van der Waals surface area contributed by atoms with E-state index in [1.54, 1.807) is 0 Å². The number of benzene rings is 1. The molecule has 0 radical (unpaired) electrons. The summed E-state index contributed by atoms with van der Waals surface area (Å²) in [6, 6.07) is 10.0. The lowest BCUT2D eigenvalue weighted by Crippen LogP contribution is -2.41. The molecule has 0 amide bonds. The molecule has 1 aliphatic heterocycles. The van der Waals surface area contributed by atoms with Crippen LogP contribution < -0.4 is 0 Å². The van der Waals surface area contributed by atoms with Crippen molar-refractivity contribution in [3.05, 3.63) is 35.9 Å². The van der Waals surface area contributed by atoms with Crippen molar-refractivity contribution in [2.24, 2.45) is 0 Å². The predicted octanol–water partition coefficient (Wildman–Crippen LogP) is 2.35. The van der Waals surface area contributed by atoms with E-state index >= 15 is 0 Å². The normalized spacial score (nSPS) is 18.6. The van der Waals surface area contributed by atoms with Crippen LogP contribution in [0, 0.1) is 0 Å². The lowest BCUT2D eigenvalue weighted by molar-refractivity contribution is 0.0103. The third kappa shape index (κ3) is 4.27. The number of hydrogen-bond acceptors (Lipinski definition) is 3. The van der Waals surface area contributed by atoms with Crippen molar-refractivity contribution in [3.8, 4) is 0 Å². The molecule has 0 spiro atoms. The van der Waals surface area contributed by atoms with Gasteiger partial charge in [-0.1, -0.05) is 46.3 Å². The highest BCUT2D eigenvalue weighted by Crippen LogP contribution is 2.19. The van der Waals surface area contributed by atoms with Crippen molar-refractivity contribution < 1.29 is 13.2 Å². The average molecular weight is 348 g/mol. The van der Waals surface area contributed by atoms with Gasteiger partial charge in [0, 0.05) is 13.1 Å². The Labute approximate surface area is 122 Å². The van der Waals surface area contributed by atoms with Gasteiger partial charge in [0.25, 0.3) is 0 Å². The van der Waals surface area contributed by atoms with E-state index in [9.17, 15) is 8.42 Å². The number of hydrogen-bond donors (Lipinski definition) is 0. The van der Waals surface area contributed by atoms with Crippen LogP contribution in [0.3, 0.4) is 0 Å². The predicted molar refractivity (Wildman–Crippen MR) is 78.5 cm³/mol. The van der Waals surface area contributed by atoms with Crippen LogP contribution in [0.15, 0.2) is 30.3 Å². The van der Waals surface area contributed by atoms with Crippen LogP contribution in [0.1, 0.15) is 18.4 Å². The van der Waals surface area contributed by atoms with Gasteiger partial charge in [0.1, 0.15) is 4.66 Å². The molecule has 0 bridgehead atoms. The molecule has 0 aromatic heterocycles. The maximum atomic E-state index is 11.7. The molecular formula is C13H18BrNO3S. The summed E-state index contributed by atoms with van der Waals surface area (Å²) in [6.07, 6.45) is 1.68. The molecule has 0 saturated carbocycles. The van der Waals surface area contributed by atoms with E-state index in [1.807, 2.05) is 30.3 Å². The summed E-state index contributed by atoms with van der Waals surface area (Å²) in [4.78, 5) is 0. The quantitative estimate of drug-likeness (QED) is 0.768. The number of nitrogens with zero attached hydrogens (tertiary/aromatic N) is 1. The number of sulfonamides is 1. The number of rotatable bonds is 5. The SMILES string of the molecule is O=S(=O)(CBr)N1CCC(OCc2ccccc2)CC1. The standard InChI is InChI=1S/C13H18BrNO3S/c14-11-19(16,17)15-8-6-13(7-9-15)18-10-12-4-2-1-3-5-12/h1-5,13H,6-11H2. The first kappa shape index (κ1) is 15.0. The summed E-state index contributed by atoms with van der Waals surface area (Å²) in [7, 11) is -3.12. The summed E-state index contributed by atoms with van der Waals surface area (Å²) in [6.45, 7) is 1.69. The second kappa shape index (κ2) is 6.83. The Kier molecular flexibility index (Phi) is 5.38. The van der Waals surface area contributed by atoms with Gasteiger partial charge >= 0.3 is 0 Å². The van der Waals surface area contributed by atoms with Gasteiger partial charge in [-0.25, -0.2) is 12.7 Å². The Balaban J connectivity index is 1.78. The fourth-order valence-electron chi connectivity index (χ4n) is 2.13. The summed E-state index contributed by atoms with van der Waals surface area (Å²) in [5.41, 5.74) is 1.15. The van der Waals surface area contributed by atoms with Gasteiger partial charge in [0.05, 0.1) is 12.7 Å². The molecule has 0 aliphatic carbocycles. The first-order valence-electron chi connectivity index (χ1n) is 6.31. The number of alkyl halides is 1. The Bertz CT molecular complexity index is 484. The van der Waals surface area contributed by atoms with E-state index in [4.69, 9.17) is 4.74 Å². The van der Waals surface area contributed by atoms with Crippen LogP contribution in [0.5, 0.6) is 0 Å². The van der Waals surface area contributed by atoms with E-state index in [2.05, 4.69) is 15.9 Å². The van der Waals surface area contributed by atoms with E-state index in [-0.39, 0.29) is 10.8 Å². The van der Waals surface area contributed by atoms with Gasteiger partial charge in [-0.05, 0) is 18.4 Å². The Morgan fingerprint density at radius 2 is 1.84 bits per heavy atom. The zero-order valence-electron chi connectivity index (χ0n) is 10.7. The van der Waals surface area contributed by atoms with Crippen LogP contribution in [0.4, 0.5) is 0 Å². The van der Waals surface area contributed by atoms with Crippen LogP contribution in [0.2, 0.25) is 0 Å². The highest BCUT2D eigenvalue weighted by molar-refractivity contribution is 9.10. The second-order valence-corrected chi connectivity index (χ2v) is 7.89. The lowest BCUT2D eigenvalue weighted by Gasteiger charge is -2.30.